The number of carbonyl (C=O) groups is 1. The summed E-state index contributed by atoms with van der Waals surface area (Å²) in [6.07, 6.45) is 1.77. The molecule has 1 fully saturated rings. The Bertz CT molecular complexity index is 609. The molecule has 1 saturated heterocycles. The molecule has 5 heteroatoms. The molecule has 1 aliphatic rings. The van der Waals surface area contributed by atoms with Crippen molar-refractivity contribution in [2.24, 2.45) is 0 Å². The second-order valence-electron chi connectivity index (χ2n) is 5.63. The number of carbonyl (C=O) groups excluding carboxylic acids is 1. The molecule has 0 aliphatic carbocycles. The Morgan fingerprint density at radius 3 is 2.43 bits per heavy atom. The maximum Gasteiger partial charge on any atom is 0.236 e. The highest BCUT2D eigenvalue weighted by atomic mass is 16.2. The summed E-state index contributed by atoms with van der Waals surface area (Å²) >= 11 is 0. The van der Waals surface area contributed by atoms with Gasteiger partial charge < -0.3 is 15.1 Å². The molecular weight excluding hydrogens is 288 g/mol. The fraction of sp³-hybridized carbons (Fsp3) is 0.333. The van der Waals surface area contributed by atoms with Crippen LogP contribution in [0.1, 0.15) is 5.69 Å². The number of nitrogens with zero attached hydrogens (tertiary/aromatic N) is 3. The number of amides is 1. The maximum absolute atomic E-state index is 12.3. The third-order valence-corrected chi connectivity index (χ3v) is 4.06. The molecule has 0 unspecified atom stereocenters. The monoisotopic (exact) mass is 310 g/mol. The molecule has 2 aromatic rings. The van der Waals surface area contributed by atoms with E-state index in [-0.39, 0.29) is 5.91 Å². The lowest BCUT2D eigenvalue weighted by Crippen LogP contribution is -2.50. The van der Waals surface area contributed by atoms with E-state index >= 15 is 0 Å². The van der Waals surface area contributed by atoms with Crippen LogP contribution < -0.4 is 10.2 Å². The van der Waals surface area contributed by atoms with E-state index in [1.54, 1.807) is 6.20 Å². The Hall–Kier alpha value is -2.40. The highest BCUT2D eigenvalue weighted by Crippen LogP contribution is 2.15. The van der Waals surface area contributed by atoms with Gasteiger partial charge in [0.25, 0.3) is 0 Å². The summed E-state index contributed by atoms with van der Waals surface area (Å²) in [5.74, 6) is 0.161. The van der Waals surface area contributed by atoms with Gasteiger partial charge in [0.15, 0.2) is 0 Å². The second-order valence-corrected chi connectivity index (χ2v) is 5.63. The number of hydrogen-bond donors (Lipinski definition) is 1. The third kappa shape index (κ3) is 4.29. The molecule has 1 N–H and O–H groups in total. The number of rotatable bonds is 5. The molecular formula is C18H22N4O. The molecule has 5 nitrogen and oxygen atoms in total. The number of nitrogens with one attached hydrogen (secondary N) is 1. The zero-order chi connectivity index (χ0) is 15.9. The second kappa shape index (κ2) is 7.74. The topological polar surface area (TPSA) is 48.5 Å². The van der Waals surface area contributed by atoms with Gasteiger partial charge in [-0.1, -0.05) is 24.3 Å². The lowest BCUT2D eigenvalue weighted by molar-refractivity contribution is -0.130. The van der Waals surface area contributed by atoms with Crippen molar-refractivity contribution in [1.82, 2.24) is 15.2 Å². The summed E-state index contributed by atoms with van der Waals surface area (Å²) in [4.78, 5) is 20.8. The van der Waals surface area contributed by atoms with Crippen LogP contribution in [0.5, 0.6) is 0 Å². The van der Waals surface area contributed by atoms with Crippen LogP contribution in [0.2, 0.25) is 0 Å². The largest absolute Gasteiger partial charge is 0.368 e. The van der Waals surface area contributed by atoms with Gasteiger partial charge in [-0.25, -0.2) is 0 Å². The van der Waals surface area contributed by atoms with E-state index in [1.165, 1.54) is 5.69 Å². The standard InChI is InChI=1S/C18H22N4O/c23-18(15-19-14-16-6-4-5-9-20-16)22-12-10-21(11-13-22)17-7-2-1-3-8-17/h1-9,19H,10-15H2. The number of benzene rings is 1. The number of anilines is 1. The van der Waals surface area contributed by atoms with Crippen molar-refractivity contribution in [3.63, 3.8) is 0 Å². The molecule has 23 heavy (non-hydrogen) atoms. The molecule has 1 aromatic heterocycles. The molecule has 0 atom stereocenters. The van der Waals surface area contributed by atoms with E-state index in [0.717, 1.165) is 31.9 Å². The molecule has 0 spiro atoms. The minimum absolute atomic E-state index is 0.161. The van der Waals surface area contributed by atoms with E-state index in [9.17, 15) is 4.79 Å². The molecule has 2 heterocycles. The molecule has 0 bridgehead atoms. The normalized spacial score (nSPS) is 14.8. The maximum atomic E-state index is 12.3. The van der Waals surface area contributed by atoms with Crippen molar-refractivity contribution >= 4 is 11.6 Å². The number of hydrogen-bond acceptors (Lipinski definition) is 4. The van der Waals surface area contributed by atoms with Crippen LogP contribution in [0.25, 0.3) is 0 Å². The van der Waals surface area contributed by atoms with Gasteiger partial charge in [-0.2, -0.15) is 0 Å². The van der Waals surface area contributed by atoms with Crippen LogP contribution in [-0.2, 0) is 11.3 Å². The summed E-state index contributed by atoms with van der Waals surface area (Å²) < 4.78 is 0. The van der Waals surface area contributed by atoms with Crippen molar-refractivity contribution in [2.75, 3.05) is 37.6 Å². The van der Waals surface area contributed by atoms with Gasteiger partial charge in [-0.3, -0.25) is 9.78 Å². The lowest BCUT2D eigenvalue weighted by Gasteiger charge is -2.36. The highest BCUT2D eigenvalue weighted by molar-refractivity contribution is 5.78. The van der Waals surface area contributed by atoms with E-state index in [1.807, 2.05) is 41.3 Å². The summed E-state index contributed by atoms with van der Waals surface area (Å²) in [5.41, 5.74) is 2.18. The molecule has 3 rings (SSSR count). The first kappa shape index (κ1) is 15.5. The van der Waals surface area contributed by atoms with E-state index in [2.05, 4.69) is 27.3 Å². The molecule has 1 aliphatic heterocycles. The van der Waals surface area contributed by atoms with E-state index in [4.69, 9.17) is 0 Å². The first-order valence-corrected chi connectivity index (χ1v) is 8.01. The van der Waals surface area contributed by atoms with Gasteiger partial charge in [0.05, 0.1) is 12.2 Å². The van der Waals surface area contributed by atoms with Crippen LogP contribution in [0.4, 0.5) is 5.69 Å². The van der Waals surface area contributed by atoms with E-state index in [0.29, 0.717) is 13.1 Å². The smallest absolute Gasteiger partial charge is 0.236 e. The van der Waals surface area contributed by atoms with Crippen LogP contribution >= 0.6 is 0 Å². The average Bonchev–Trinajstić information content (AvgIpc) is 2.63. The van der Waals surface area contributed by atoms with Gasteiger partial charge in [-0.15, -0.1) is 0 Å². The predicted molar refractivity (Wildman–Crippen MR) is 91.2 cm³/mol. The summed E-state index contributed by atoms with van der Waals surface area (Å²) in [6, 6.07) is 16.2. The SMILES string of the molecule is O=C(CNCc1ccccn1)N1CCN(c2ccccc2)CC1. The number of aromatic nitrogens is 1. The van der Waals surface area contributed by atoms with Crippen molar-refractivity contribution in [1.29, 1.82) is 0 Å². The minimum Gasteiger partial charge on any atom is -0.368 e. The van der Waals surface area contributed by atoms with Gasteiger partial charge in [0, 0.05) is 44.6 Å². The Balaban J connectivity index is 1.41. The Kier molecular flexibility index (Phi) is 5.21. The van der Waals surface area contributed by atoms with Crippen molar-refractivity contribution in [3.05, 3.63) is 60.4 Å². The predicted octanol–water partition coefficient (Wildman–Crippen LogP) is 1.52. The fourth-order valence-corrected chi connectivity index (χ4v) is 2.76. The lowest BCUT2D eigenvalue weighted by atomic mass is 10.2. The zero-order valence-electron chi connectivity index (χ0n) is 13.2. The van der Waals surface area contributed by atoms with E-state index < -0.39 is 0 Å². The quantitative estimate of drug-likeness (QED) is 0.910. The van der Waals surface area contributed by atoms with Crippen molar-refractivity contribution in [3.8, 4) is 0 Å². The summed E-state index contributed by atoms with van der Waals surface area (Å²) in [7, 11) is 0. The fourth-order valence-electron chi connectivity index (χ4n) is 2.76. The molecule has 1 amide bonds. The van der Waals surface area contributed by atoms with Crippen LogP contribution in [0.15, 0.2) is 54.7 Å². The van der Waals surface area contributed by atoms with Crippen molar-refractivity contribution in [2.45, 2.75) is 6.54 Å². The summed E-state index contributed by atoms with van der Waals surface area (Å²) in [6.45, 7) is 4.31. The summed E-state index contributed by atoms with van der Waals surface area (Å²) in [5, 5.41) is 3.17. The van der Waals surface area contributed by atoms with Crippen LogP contribution in [0.3, 0.4) is 0 Å². The van der Waals surface area contributed by atoms with Gasteiger partial charge >= 0.3 is 0 Å². The first-order chi connectivity index (χ1) is 11.3. The van der Waals surface area contributed by atoms with Crippen LogP contribution in [-0.4, -0.2) is 48.5 Å². The molecule has 1 aromatic carbocycles. The van der Waals surface area contributed by atoms with Crippen molar-refractivity contribution < 1.29 is 4.79 Å². The van der Waals surface area contributed by atoms with Gasteiger partial charge in [0.1, 0.15) is 0 Å². The molecule has 0 saturated carbocycles. The Morgan fingerprint density at radius 2 is 1.74 bits per heavy atom. The number of piperazine rings is 1. The Morgan fingerprint density at radius 1 is 1.00 bits per heavy atom. The first-order valence-electron chi connectivity index (χ1n) is 8.01. The third-order valence-electron chi connectivity index (χ3n) is 4.06. The van der Waals surface area contributed by atoms with Crippen LogP contribution in [0, 0.1) is 0 Å². The number of pyridine rings is 1. The van der Waals surface area contributed by atoms with Gasteiger partial charge in [-0.05, 0) is 24.3 Å². The zero-order valence-corrected chi connectivity index (χ0v) is 13.2. The Labute approximate surface area is 136 Å². The molecule has 0 radical (unpaired) electrons. The van der Waals surface area contributed by atoms with Gasteiger partial charge in [0.2, 0.25) is 5.91 Å². The molecule has 120 valence electrons. The minimum atomic E-state index is 0.161. The highest BCUT2D eigenvalue weighted by Gasteiger charge is 2.20. The average molecular weight is 310 g/mol. The number of para-hydroxylation sites is 1.